The number of rotatable bonds is 6. The summed E-state index contributed by atoms with van der Waals surface area (Å²) in [5, 5.41) is 3.65. The topological polar surface area (TPSA) is 46.9 Å². The Morgan fingerprint density at radius 2 is 1.93 bits per heavy atom. The minimum atomic E-state index is -0.321. The molecule has 1 aliphatic carbocycles. The van der Waals surface area contributed by atoms with Crippen molar-refractivity contribution in [1.82, 2.24) is 14.9 Å². The van der Waals surface area contributed by atoms with E-state index in [0.717, 1.165) is 29.2 Å². The first-order chi connectivity index (χ1) is 13.1. The van der Waals surface area contributed by atoms with E-state index >= 15 is 0 Å². The molecular formula is C22H23N3OS. The van der Waals surface area contributed by atoms with Crippen LogP contribution in [0.15, 0.2) is 66.1 Å². The van der Waals surface area contributed by atoms with Gasteiger partial charge in [0.15, 0.2) is 5.16 Å². The van der Waals surface area contributed by atoms with Crippen molar-refractivity contribution in [1.29, 1.82) is 0 Å². The predicted octanol–water partition coefficient (Wildman–Crippen LogP) is 4.60. The number of aryl methyl sites for hydroxylation is 1. The van der Waals surface area contributed by atoms with Crippen LogP contribution < -0.4 is 5.32 Å². The Bertz CT molecular complexity index is 947. The van der Waals surface area contributed by atoms with Crippen molar-refractivity contribution in [3.63, 3.8) is 0 Å². The quantitative estimate of drug-likeness (QED) is 0.639. The maximum Gasteiger partial charge on any atom is 0.238 e. The lowest BCUT2D eigenvalue weighted by Crippen LogP contribution is -2.29. The van der Waals surface area contributed by atoms with Crippen LogP contribution in [0, 0.1) is 13.8 Å². The summed E-state index contributed by atoms with van der Waals surface area (Å²) in [6.07, 6.45) is 5.92. The van der Waals surface area contributed by atoms with Gasteiger partial charge in [-0.15, -0.1) is 0 Å². The second-order valence-corrected chi connectivity index (χ2v) is 8.06. The van der Waals surface area contributed by atoms with Gasteiger partial charge in [-0.1, -0.05) is 54.2 Å². The number of aromatic nitrogens is 2. The van der Waals surface area contributed by atoms with Crippen molar-refractivity contribution < 1.29 is 4.79 Å². The zero-order valence-corrected chi connectivity index (χ0v) is 16.4. The molecule has 1 fully saturated rings. The van der Waals surface area contributed by atoms with Gasteiger partial charge in [0, 0.05) is 18.4 Å². The molecule has 1 unspecified atom stereocenters. The van der Waals surface area contributed by atoms with Crippen LogP contribution >= 0.6 is 11.8 Å². The molecule has 27 heavy (non-hydrogen) atoms. The third-order valence-corrected chi connectivity index (χ3v) is 6.16. The lowest BCUT2D eigenvalue weighted by atomic mass is 10.1. The number of nitrogens with zero attached hydrogens (tertiary/aromatic N) is 2. The Hall–Kier alpha value is -2.53. The molecule has 1 amide bonds. The molecular weight excluding hydrogens is 354 g/mol. The molecule has 4 nitrogen and oxygen atoms in total. The SMILES string of the molecule is Cc1cccc(-n2ccnc2SC(C(=O)NC2CC2)c2ccccc2)c1C. The zero-order chi connectivity index (χ0) is 18.8. The van der Waals surface area contributed by atoms with E-state index in [1.807, 2.05) is 36.5 Å². The van der Waals surface area contributed by atoms with Gasteiger partial charge in [-0.2, -0.15) is 0 Å². The number of benzene rings is 2. The molecule has 0 aliphatic heterocycles. The van der Waals surface area contributed by atoms with Gasteiger partial charge in [-0.25, -0.2) is 4.98 Å². The fraction of sp³-hybridized carbons (Fsp3) is 0.273. The maximum atomic E-state index is 12.9. The molecule has 2 aromatic carbocycles. The number of carbonyl (C=O) groups excluding carboxylic acids is 1. The Balaban J connectivity index is 1.67. The van der Waals surface area contributed by atoms with Crippen LogP contribution in [0.25, 0.3) is 5.69 Å². The summed E-state index contributed by atoms with van der Waals surface area (Å²) < 4.78 is 2.08. The summed E-state index contributed by atoms with van der Waals surface area (Å²) in [4.78, 5) is 17.5. The third kappa shape index (κ3) is 3.93. The van der Waals surface area contributed by atoms with E-state index < -0.39 is 0 Å². The van der Waals surface area contributed by atoms with Gasteiger partial charge in [0.05, 0.1) is 5.69 Å². The van der Waals surface area contributed by atoms with Gasteiger partial charge in [-0.3, -0.25) is 9.36 Å². The van der Waals surface area contributed by atoms with Gasteiger partial charge in [0.1, 0.15) is 5.25 Å². The van der Waals surface area contributed by atoms with Gasteiger partial charge in [0.2, 0.25) is 5.91 Å². The Labute approximate surface area is 164 Å². The molecule has 5 heteroatoms. The van der Waals surface area contributed by atoms with Crippen molar-refractivity contribution in [3.8, 4) is 5.69 Å². The third-order valence-electron chi connectivity index (χ3n) is 4.93. The van der Waals surface area contributed by atoms with Crippen molar-refractivity contribution in [2.45, 2.75) is 43.1 Å². The first-order valence-electron chi connectivity index (χ1n) is 9.25. The first kappa shape index (κ1) is 17.9. The average molecular weight is 378 g/mol. The van der Waals surface area contributed by atoms with E-state index in [0.29, 0.717) is 6.04 Å². The van der Waals surface area contributed by atoms with Crippen LogP contribution in [0.5, 0.6) is 0 Å². The summed E-state index contributed by atoms with van der Waals surface area (Å²) in [6.45, 7) is 4.23. The molecule has 4 rings (SSSR count). The molecule has 0 bridgehead atoms. The molecule has 0 spiro atoms. The number of hydrogen-bond donors (Lipinski definition) is 1. The Morgan fingerprint density at radius 1 is 1.15 bits per heavy atom. The van der Waals surface area contributed by atoms with Crippen LogP contribution in [0.2, 0.25) is 0 Å². The minimum absolute atomic E-state index is 0.0595. The highest BCUT2D eigenvalue weighted by Crippen LogP contribution is 2.37. The minimum Gasteiger partial charge on any atom is -0.352 e. The Kier molecular flexibility index (Phi) is 5.03. The normalized spacial score (nSPS) is 14.7. The summed E-state index contributed by atoms with van der Waals surface area (Å²) in [5.41, 5.74) is 4.56. The number of carbonyl (C=O) groups is 1. The van der Waals surface area contributed by atoms with E-state index in [9.17, 15) is 4.79 Å². The van der Waals surface area contributed by atoms with Gasteiger partial charge >= 0.3 is 0 Å². The standard InChI is InChI=1S/C22H23N3OS/c1-15-7-6-10-19(16(15)2)25-14-13-23-22(25)27-20(17-8-4-3-5-9-17)21(26)24-18-11-12-18/h3-10,13-14,18,20H,11-12H2,1-2H3,(H,24,26). The molecule has 0 radical (unpaired) electrons. The number of hydrogen-bond acceptors (Lipinski definition) is 3. The predicted molar refractivity (Wildman–Crippen MR) is 109 cm³/mol. The first-order valence-corrected chi connectivity index (χ1v) is 10.1. The molecule has 1 saturated carbocycles. The molecule has 0 saturated heterocycles. The molecule has 3 aromatic rings. The van der Waals surface area contributed by atoms with Crippen molar-refractivity contribution in [2.75, 3.05) is 0 Å². The number of amides is 1. The number of nitrogens with one attached hydrogen (secondary N) is 1. The Morgan fingerprint density at radius 3 is 2.67 bits per heavy atom. The van der Waals surface area contributed by atoms with Crippen LogP contribution in [-0.2, 0) is 4.79 Å². The van der Waals surface area contributed by atoms with Crippen LogP contribution in [0.1, 0.15) is 34.8 Å². The lowest BCUT2D eigenvalue weighted by Gasteiger charge is -2.18. The lowest BCUT2D eigenvalue weighted by molar-refractivity contribution is -0.120. The average Bonchev–Trinajstić information content (AvgIpc) is 3.37. The number of imidazole rings is 1. The van der Waals surface area contributed by atoms with Gasteiger partial charge in [0.25, 0.3) is 0 Å². The number of thioether (sulfide) groups is 1. The zero-order valence-electron chi connectivity index (χ0n) is 15.6. The van der Waals surface area contributed by atoms with E-state index in [2.05, 4.69) is 46.9 Å². The molecule has 1 N–H and O–H groups in total. The molecule has 1 atom stereocenters. The maximum absolute atomic E-state index is 12.9. The monoisotopic (exact) mass is 377 g/mol. The molecule has 1 aromatic heterocycles. The summed E-state index contributed by atoms with van der Waals surface area (Å²) >= 11 is 1.50. The van der Waals surface area contributed by atoms with Crippen LogP contribution in [-0.4, -0.2) is 21.5 Å². The van der Waals surface area contributed by atoms with Crippen molar-refractivity contribution in [3.05, 3.63) is 77.6 Å². The molecule has 1 aliphatic rings. The van der Waals surface area contributed by atoms with Crippen molar-refractivity contribution >= 4 is 17.7 Å². The van der Waals surface area contributed by atoms with E-state index in [1.165, 1.54) is 22.9 Å². The van der Waals surface area contributed by atoms with Crippen LogP contribution in [0.3, 0.4) is 0 Å². The molecule has 138 valence electrons. The highest BCUT2D eigenvalue weighted by molar-refractivity contribution is 8.00. The van der Waals surface area contributed by atoms with Crippen LogP contribution in [0.4, 0.5) is 0 Å². The van der Waals surface area contributed by atoms with Crippen molar-refractivity contribution in [2.24, 2.45) is 0 Å². The van der Waals surface area contributed by atoms with E-state index in [4.69, 9.17) is 0 Å². The van der Waals surface area contributed by atoms with Gasteiger partial charge < -0.3 is 5.32 Å². The molecule has 1 heterocycles. The highest BCUT2D eigenvalue weighted by Gasteiger charge is 2.30. The smallest absolute Gasteiger partial charge is 0.238 e. The summed E-state index contributed by atoms with van der Waals surface area (Å²) in [7, 11) is 0. The largest absolute Gasteiger partial charge is 0.352 e. The van der Waals surface area contributed by atoms with E-state index in [-0.39, 0.29) is 11.2 Å². The summed E-state index contributed by atoms with van der Waals surface area (Å²) in [5.74, 6) is 0.0595. The summed E-state index contributed by atoms with van der Waals surface area (Å²) in [6, 6.07) is 16.5. The fourth-order valence-electron chi connectivity index (χ4n) is 3.07. The van der Waals surface area contributed by atoms with E-state index in [1.54, 1.807) is 6.20 Å². The second-order valence-electron chi connectivity index (χ2n) is 6.99. The highest BCUT2D eigenvalue weighted by atomic mass is 32.2. The fourth-order valence-corrected chi connectivity index (χ4v) is 4.14. The van der Waals surface area contributed by atoms with Gasteiger partial charge in [-0.05, 0) is 49.4 Å². The second kappa shape index (κ2) is 7.61.